The molecular formula is C20H24FN3O. The molecule has 0 radical (unpaired) electrons. The number of halogens is 1. The molecule has 4 nitrogen and oxygen atoms in total. The lowest BCUT2D eigenvalue weighted by Crippen LogP contribution is -2.25. The van der Waals surface area contributed by atoms with Gasteiger partial charge in [-0.3, -0.25) is 4.99 Å². The number of nitrogens with two attached hydrogens (primary N) is 1. The molecular weight excluding hydrogens is 317 g/mol. The maximum atomic E-state index is 13.1. The van der Waals surface area contributed by atoms with Crippen LogP contribution in [0.2, 0.25) is 0 Å². The predicted octanol–water partition coefficient (Wildman–Crippen LogP) is 3.34. The van der Waals surface area contributed by atoms with Crippen molar-refractivity contribution in [2.45, 2.75) is 26.2 Å². The van der Waals surface area contributed by atoms with Gasteiger partial charge < -0.3 is 16.2 Å². The molecule has 4 N–H and O–H groups in total. The maximum absolute atomic E-state index is 13.1. The summed E-state index contributed by atoms with van der Waals surface area (Å²) in [7, 11) is 0. The van der Waals surface area contributed by atoms with Gasteiger partial charge in [0.2, 0.25) is 0 Å². The van der Waals surface area contributed by atoms with Gasteiger partial charge in [-0.05, 0) is 67.1 Å². The molecule has 0 aliphatic heterocycles. The number of benzene rings is 2. The molecule has 2 aromatic rings. The number of aryl methyl sites for hydroxylation is 2. The van der Waals surface area contributed by atoms with Crippen LogP contribution in [0.15, 0.2) is 47.5 Å². The van der Waals surface area contributed by atoms with E-state index >= 15 is 0 Å². The van der Waals surface area contributed by atoms with Gasteiger partial charge >= 0.3 is 0 Å². The monoisotopic (exact) mass is 341 g/mol. The minimum Gasteiger partial charge on any atom is -0.396 e. The number of aliphatic hydroxyl groups is 1. The molecule has 1 aliphatic carbocycles. The fourth-order valence-electron chi connectivity index (χ4n) is 3.39. The van der Waals surface area contributed by atoms with E-state index in [9.17, 15) is 9.50 Å². The minimum atomic E-state index is -0.299. The smallest absolute Gasteiger partial charge is 0.193 e. The molecule has 2 unspecified atom stereocenters. The molecule has 0 saturated heterocycles. The van der Waals surface area contributed by atoms with Gasteiger partial charge in [0.25, 0.3) is 0 Å². The van der Waals surface area contributed by atoms with Crippen molar-refractivity contribution < 1.29 is 9.50 Å². The number of anilines is 1. The number of guanidine groups is 1. The average molecular weight is 341 g/mol. The molecule has 3 rings (SSSR count). The molecule has 0 bridgehead atoms. The van der Waals surface area contributed by atoms with Crippen molar-refractivity contribution in [3.05, 3.63) is 65.0 Å². The van der Waals surface area contributed by atoms with Crippen molar-refractivity contribution in [2.75, 3.05) is 18.5 Å². The van der Waals surface area contributed by atoms with Crippen molar-refractivity contribution in [3.8, 4) is 0 Å². The van der Waals surface area contributed by atoms with Crippen LogP contribution < -0.4 is 11.1 Å². The summed E-state index contributed by atoms with van der Waals surface area (Å²) >= 11 is 0. The Balaban J connectivity index is 1.66. The molecule has 1 aliphatic rings. The van der Waals surface area contributed by atoms with Crippen molar-refractivity contribution >= 4 is 11.6 Å². The van der Waals surface area contributed by atoms with Gasteiger partial charge in [-0.1, -0.05) is 18.2 Å². The lowest BCUT2D eigenvalue weighted by molar-refractivity contribution is 0.212. The lowest BCUT2D eigenvalue weighted by atomic mass is 10.00. The Morgan fingerprint density at radius 3 is 2.48 bits per heavy atom. The molecule has 0 aromatic heterocycles. The van der Waals surface area contributed by atoms with E-state index in [2.05, 4.69) is 16.4 Å². The van der Waals surface area contributed by atoms with E-state index in [4.69, 9.17) is 5.73 Å². The van der Waals surface area contributed by atoms with Crippen LogP contribution in [-0.2, 0) is 0 Å². The Morgan fingerprint density at radius 1 is 1.24 bits per heavy atom. The highest BCUT2D eigenvalue weighted by Gasteiger charge is 2.54. The molecule has 2 aromatic carbocycles. The molecule has 1 fully saturated rings. The first-order valence-corrected chi connectivity index (χ1v) is 8.43. The summed E-state index contributed by atoms with van der Waals surface area (Å²) in [4.78, 5) is 4.43. The van der Waals surface area contributed by atoms with Gasteiger partial charge in [0, 0.05) is 11.1 Å². The van der Waals surface area contributed by atoms with Crippen molar-refractivity contribution in [2.24, 2.45) is 16.1 Å². The summed E-state index contributed by atoms with van der Waals surface area (Å²) < 4.78 is 13.1. The number of hydrogen-bond donors (Lipinski definition) is 3. The third-order valence-corrected chi connectivity index (χ3v) is 4.84. The summed E-state index contributed by atoms with van der Waals surface area (Å²) in [6.07, 6.45) is 0.829. The predicted molar refractivity (Wildman–Crippen MR) is 99.3 cm³/mol. The molecule has 0 heterocycles. The van der Waals surface area contributed by atoms with Gasteiger partial charge in [0.1, 0.15) is 5.82 Å². The minimum absolute atomic E-state index is 0.0371. The largest absolute Gasteiger partial charge is 0.396 e. The van der Waals surface area contributed by atoms with Crippen LogP contribution >= 0.6 is 0 Å². The van der Waals surface area contributed by atoms with Crippen LogP contribution in [0, 0.1) is 25.1 Å². The normalized spacial score (nSPS) is 22.7. The van der Waals surface area contributed by atoms with Gasteiger partial charge in [-0.2, -0.15) is 0 Å². The second-order valence-corrected chi connectivity index (χ2v) is 7.03. The standard InChI is InChI=1S/C20H24FN3O/c1-13-7-14(2)9-17(8-13)24-19(22)23-11-20(12-25)10-18(20)15-3-5-16(21)6-4-15/h3-9,18,25H,10-12H2,1-2H3,(H3,22,23,24). The molecule has 132 valence electrons. The summed E-state index contributed by atoms with van der Waals surface area (Å²) in [5.74, 6) is 0.275. The SMILES string of the molecule is Cc1cc(C)cc(NC(N)=NCC2(CO)CC2c2ccc(F)cc2)c1. The number of hydrogen-bond acceptors (Lipinski definition) is 2. The zero-order valence-electron chi connectivity index (χ0n) is 14.6. The van der Waals surface area contributed by atoms with E-state index in [0.717, 1.165) is 28.8 Å². The Kier molecular flexibility index (Phi) is 4.77. The average Bonchev–Trinajstić information content (AvgIpc) is 3.28. The molecule has 1 saturated carbocycles. The molecule has 25 heavy (non-hydrogen) atoms. The van der Waals surface area contributed by atoms with E-state index in [0.29, 0.717) is 12.5 Å². The van der Waals surface area contributed by atoms with Crippen LogP contribution in [0.4, 0.5) is 10.1 Å². The van der Waals surface area contributed by atoms with Gasteiger partial charge in [-0.15, -0.1) is 0 Å². The maximum Gasteiger partial charge on any atom is 0.193 e. The quantitative estimate of drug-likeness (QED) is 0.577. The van der Waals surface area contributed by atoms with Crippen molar-refractivity contribution in [1.82, 2.24) is 0 Å². The summed E-state index contributed by atoms with van der Waals surface area (Å²) in [5, 5.41) is 12.9. The highest BCUT2D eigenvalue weighted by molar-refractivity contribution is 5.92. The topological polar surface area (TPSA) is 70.6 Å². The number of aliphatic imine (C=N–C) groups is 1. The van der Waals surface area contributed by atoms with Crippen molar-refractivity contribution in [1.29, 1.82) is 0 Å². The Hall–Kier alpha value is -2.40. The van der Waals surface area contributed by atoms with Crippen LogP contribution in [0.1, 0.15) is 29.0 Å². The first-order valence-electron chi connectivity index (χ1n) is 8.43. The van der Waals surface area contributed by atoms with E-state index in [1.54, 1.807) is 12.1 Å². The van der Waals surface area contributed by atoms with Crippen LogP contribution in [0.5, 0.6) is 0 Å². The number of nitrogens with zero attached hydrogens (tertiary/aromatic N) is 1. The molecule has 0 amide bonds. The fourth-order valence-corrected chi connectivity index (χ4v) is 3.39. The first kappa shape index (κ1) is 17.4. The molecule has 0 spiro atoms. The van der Waals surface area contributed by atoms with E-state index in [-0.39, 0.29) is 23.8 Å². The fraction of sp³-hybridized carbons (Fsp3) is 0.350. The summed E-state index contributed by atoms with van der Waals surface area (Å²) in [6, 6.07) is 12.6. The Morgan fingerprint density at radius 2 is 1.88 bits per heavy atom. The second-order valence-electron chi connectivity index (χ2n) is 7.03. The van der Waals surface area contributed by atoms with Crippen LogP contribution in [0.3, 0.4) is 0 Å². The number of aliphatic hydroxyl groups excluding tert-OH is 1. The molecule has 2 atom stereocenters. The van der Waals surface area contributed by atoms with E-state index < -0.39 is 0 Å². The van der Waals surface area contributed by atoms with Crippen LogP contribution in [-0.4, -0.2) is 24.2 Å². The molecule has 5 heteroatoms. The lowest BCUT2D eigenvalue weighted by Gasteiger charge is -2.13. The van der Waals surface area contributed by atoms with Gasteiger partial charge in [0.15, 0.2) is 5.96 Å². The van der Waals surface area contributed by atoms with E-state index in [1.165, 1.54) is 12.1 Å². The van der Waals surface area contributed by atoms with E-state index in [1.807, 2.05) is 26.0 Å². The third-order valence-electron chi connectivity index (χ3n) is 4.84. The first-order chi connectivity index (χ1) is 11.9. The van der Waals surface area contributed by atoms with Crippen LogP contribution in [0.25, 0.3) is 0 Å². The van der Waals surface area contributed by atoms with Gasteiger partial charge in [0.05, 0.1) is 13.2 Å². The summed E-state index contributed by atoms with van der Waals surface area (Å²) in [5.41, 5.74) is 9.95. The Labute approximate surface area is 147 Å². The zero-order valence-corrected chi connectivity index (χ0v) is 14.6. The highest BCUT2D eigenvalue weighted by atomic mass is 19.1. The Bertz CT molecular complexity index is 768. The van der Waals surface area contributed by atoms with Crippen molar-refractivity contribution in [3.63, 3.8) is 0 Å². The second kappa shape index (κ2) is 6.84. The third kappa shape index (κ3) is 3.99. The summed E-state index contributed by atoms with van der Waals surface area (Å²) in [6.45, 7) is 4.54. The van der Waals surface area contributed by atoms with Gasteiger partial charge in [-0.25, -0.2) is 4.39 Å². The zero-order chi connectivity index (χ0) is 18.0. The number of nitrogens with one attached hydrogen (secondary N) is 1. The number of rotatable bonds is 5. The highest BCUT2D eigenvalue weighted by Crippen LogP contribution is 2.59.